The highest BCUT2D eigenvalue weighted by molar-refractivity contribution is 6.26. The maximum absolute atomic E-state index is 9.18. The Hall–Kier alpha value is -0.570. The van der Waals surface area contributed by atoms with Gasteiger partial charge in [0, 0.05) is 19.2 Å². The van der Waals surface area contributed by atoms with Gasteiger partial charge in [-0.05, 0) is 37.7 Å². The maximum atomic E-state index is 9.18. The van der Waals surface area contributed by atoms with Gasteiger partial charge in [0.25, 0.3) is 0 Å². The molecule has 1 aromatic carbocycles. The van der Waals surface area contributed by atoms with Crippen molar-refractivity contribution < 1.29 is 5.11 Å². The van der Waals surface area contributed by atoms with Crippen molar-refractivity contribution >= 4 is 11.6 Å². The molecule has 1 aliphatic rings. The zero-order valence-corrected chi connectivity index (χ0v) is 11.7. The van der Waals surface area contributed by atoms with Crippen molar-refractivity contribution in [2.45, 2.75) is 43.0 Å². The molecule has 1 fully saturated rings. The fourth-order valence-electron chi connectivity index (χ4n) is 2.32. The fraction of sp³-hybridized carbons (Fsp3) is 0.600. The largest absolute Gasteiger partial charge is 0.396 e. The van der Waals surface area contributed by atoms with Crippen molar-refractivity contribution in [2.24, 2.45) is 0 Å². The van der Waals surface area contributed by atoms with Gasteiger partial charge >= 0.3 is 0 Å². The summed E-state index contributed by atoms with van der Waals surface area (Å²) in [6.45, 7) is 3.25. The molecule has 1 aliphatic carbocycles. The second kappa shape index (κ2) is 6.05. The van der Waals surface area contributed by atoms with Crippen molar-refractivity contribution in [2.75, 3.05) is 13.2 Å². The van der Waals surface area contributed by atoms with Crippen LogP contribution in [0.1, 0.15) is 37.7 Å². The molecule has 0 aromatic heterocycles. The second-order valence-corrected chi connectivity index (χ2v) is 6.04. The molecule has 2 rings (SSSR count). The number of benzene rings is 1. The van der Waals surface area contributed by atoms with Gasteiger partial charge in [0.15, 0.2) is 0 Å². The topological polar surface area (TPSA) is 32.3 Å². The lowest BCUT2D eigenvalue weighted by atomic mass is 9.95. The molecule has 0 spiro atoms. The van der Waals surface area contributed by atoms with Crippen molar-refractivity contribution in [1.29, 1.82) is 0 Å². The summed E-state index contributed by atoms with van der Waals surface area (Å²) in [5.41, 5.74) is 1.28. The number of hydrogen-bond donors (Lipinski definition) is 2. The van der Waals surface area contributed by atoms with E-state index in [2.05, 4.69) is 24.4 Å². The number of alkyl halides is 1. The monoisotopic (exact) mass is 267 g/mol. The lowest BCUT2D eigenvalue weighted by Gasteiger charge is -2.23. The lowest BCUT2D eigenvalue weighted by molar-refractivity contribution is 0.272. The van der Waals surface area contributed by atoms with Crippen LogP contribution < -0.4 is 5.32 Å². The van der Waals surface area contributed by atoms with E-state index in [9.17, 15) is 5.11 Å². The number of halogens is 1. The molecular formula is C15H22ClNO. The smallest absolute Gasteiger partial charge is 0.0597 e. The van der Waals surface area contributed by atoms with E-state index in [1.54, 1.807) is 0 Å². The minimum absolute atomic E-state index is 0.0134. The van der Waals surface area contributed by atoms with Crippen LogP contribution in [-0.2, 0) is 0 Å². The van der Waals surface area contributed by atoms with Crippen molar-refractivity contribution in [3.05, 3.63) is 35.9 Å². The molecule has 2 unspecified atom stereocenters. The van der Waals surface area contributed by atoms with E-state index in [1.165, 1.54) is 5.56 Å². The highest BCUT2D eigenvalue weighted by atomic mass is 35.5. The summed E-state index contributed by atoms with van der Waals surface area (Å²) in [5.74, 6) is 0.359. The van der Waals surface area contributed by atoms with Crippen molar-refractivity contribution in [3.63, 3.8) is 0 Å². The second-order valence-electron chi connectivity index (χ2n) is 5.28. The summed E-state index contributed by atoms with van der Waals surface area (Å²) in [6.07, 6.45) is 3.01. The Morgan fingerprint density at radius 3 is 2.56 bits per heavy atom. The van der Waals surface area contributed by atoms with Gasteiger partial charge < -0.3 is 10.4 Å². The first kappa shape index (κ1) is 13.9. The number of hydrogen-bond acceptors (Lipinski definition) is 2. The first-order valence-corrected chi connectivity index (χ1v) is 7.11. The van der Waals surface area contributed by atoms with E-state index in [4.69, 9.17) is 11.6 Å². The molecule has 0 bridgehead atoms. The van der Waals surface area contributed by atoms with E-state index in [0.29, 0.717) is 12.0 Å². The highest BCUT2D eigenvalue weighted by Crippen LogP contribution is 2.45. The number of aliphatic hydroxyl groups is 1. The molecule has 0 amide bonds. The zero-order chi connectivity index (χ0) is 13.0. The van der Waals surface area contributed by atoms with E-state index >= 15 is 0 Å². The van der Waals surface area contributed by atoms with Crippen molar-refractivity contribution in [1.82, 2.24) is 5.32 Å². The average molecular weight is 268 g/mol. The summed E-state index contributed by atoms with van der Waals surface area (Å²) >= 11 is 6.39. The molecular weight excluding hydrogens is 246 g/mol. The van der Waals surface area contributed by atoms with E-state index < -0.39 is 0 Å². The minimum Gasteiger partial charge on any atom is -0.396 e. The number of nitrogens with one attached hydrogen (secondary N) is 1. The van der Waals surface area contributed by atoms with Gasteiger partial charge in [-0.15, -0.1) is 11.6 Å². The zero-order valence-electron chi connectivity index (χ0n) is 10.9. The Bertz CT molecular complexity index is 364. The number of aliphatic hydroxyl groups excluding tert-OH is 1. The summed E-state index contributed by atoms with van der Waals surface area (Å²) in [4.78, 5) is -0.0134. The average Bonchev–Trinajstić information content (AvgIpc) is 3.14. The molecule has 2 atom stereocenters. The lowest BCUT2D eigenvalue weighted by Crippen LogP contribution is -2.38. The Kier molecular flexibility index (Phi) is 4.66. The first-order valence-electron chi connectivity index (χ1n) is 6.74. The maximum Gasteiger partial charge on any atom is 0.0597 e. The summed E-state index contributed by atoms with van der Waals surface area (Å²) in [5, 5.41) is 12.7. The molecule has 2 nitrogen and oxygen atoms in total. The molecule has 1 aromatic rings. The summed E-state index contributed by atoms with van der Waals surface area (Å²) in [7, 11) is 0. The third-order valence-corrected chi connectivity index (χ3v) is 4.63. The van der Waals surface area contributed by atoms with Gasteiger partial charge in [0.1, 0.15) is 0 Å². The Labute approximate surface area is 114 Å². The van der Waals surface area contributed by atoms with Gasteiger partial charge in [-0.1, -0.05) is 30.3 Å². The molecule has 0 heterocycles. The van der Waals surface area contributed by atoms with Crippen LogP contribution in [0.2, 0.25) is 0 Å². The Balaban J connectivity index is 1.90. The van der Waals surface area contributed by atoms with Crippen LogP contribution >= 0.6 is 11.6 Å². The van der Waals surface area contributed by atoms with E-state index in [1.807, 2.05) is 18.2 Å². The Morgan fingerprint density at radius 1 is 1.33 bits per heavy atom. The van der Waals surface area contributed by atoms with Gasteiger partial charge in [-0.25, -0.2) is 0 Å². The van der Waals surface area contributed by atoms with Crippen LogP contribution in [0.5, 0.6) is 0 Å². The predicted octanol–water partition coefficient (Wildman–Crippen LogP) is 2.90. The third kappa shape index (κ3) is 3.47. The molecule has 0 aliphatic heterocycles. The Morgan fingerprint density at radius 2 is 2.00 bits per heavy atom. The molecule has 0 radical (unpaired) electrons. The molecule has 3 heteroatoms. The summed E-state index contributed by atoms with van der Waals surface area (Å²) in [6, 6.07) is 10.7. The van der Waals surface area contributed by atoms with Crippen LogP contribution in [-0.4, -0.2) is 29.2 Å². The molecule has 2 N–H and O–H groups in total. The first-order chi connectivity index (χ1) is 8.65. The highest BCUT2D eigenvalue weighted by Gasteiger charge is 2.45. The molecule has 100 valence electrons. The van der Waals surface area contributed by atoms with Crippen molar-refractivity contribution in [3.8, 4) is 0 Å². The minimum atomic E-state index is -0.0134. The molecule has 18 heavy (non-hydrogen) atoms. The fourth-order valence-corrected chi connectivity index (χ4v) is 2.49. The SMILES string of the molecule is CC(NCC(CCO)c1ccccc1)C1(Cl)CC1. The quantitative estimate of drug-likeness (QED) is 0.745. The van der Waals surface area contributed by atoms with Crippen LogP contribution in [0.4, 0.5) is 0 Å². The van der Waals surface area contributed by atoms with Gasteiger partial charge in [-0.2, -0.15) is 0 Å². The van der Waals surface area contributed by atoms with Crippen LogP contribution in [0.15, 0.2) is 30.3 Å². The van der Waals surface area contributed by atoms with E-state index in [0.717, 1.165) is 25.8 Å². The van der Waals surface area contributed by atoms with E-state index in [-0.39, 0.29) is 11.5 Å². The molecule has 1 saturated carbocycles. The normalized spacial score (nSPS) is 20.4. The van der Waals surface area contributed by atoms with Crippen LogP contribution in [0.3, 0.4) is 0 Å². The third-order valence-electron chi connectivity index (χ3n) is 3.92. The van der Waals surface area contributed by atoms with Crippen LogP contribution in [0.25, 0.3) is 0 Å². The predicted molar refractivity (Wildman–Crippen MR) is 76.2 cm³/mol. The standard InChI is InChI=1S/C15H22ClNO/c1-12(15(16)8-9-15)17-11-14(7-10-18)13-5-3-2-4-6-13/h2-6,12,14,17-18H,7-11H2,1H3. The van der Waals surface area contributed by atoms with Crippen LogP contribution in [0, 0.1) is 0 Å². The van der Waals surface area contributed by atoms with Gasteiger partial charge in [-0.3, -0.25) is 0 Å². The molecule has 0 saturated heterocycles. The van der Waals surface area contributed by atoms with Gasteiger partial charge in [0.2, 0.25) is 0 Å². The summed E-state index contributed by atoms with van der Waals surface area (Å²) < 4.78 is 0. The van der Waals surface area contributed by atoms with Gasteiger partial charge in [0.05, 0.1) is 4.87 Å². The number of rotatable bonds is 7.